The van der Waals surface area contributed by atoms with Crippen molar-refractivity contribution in [1.29, 1.82) is 0 Å². The molecule has 8 heteroatoms. The normalized spacial score (nSPS) is 14.4. The summed E-state index contributed by atoms with van der Waals surface area (Å²) < 4.78 is 29.9. The summed E-state index contributed by atoms with van der Waals surface area (Å²) in [5.74, 6) is -0.462. The maximum atomic E-state index is 13.1. The first-order valence-corrected chi connectivity index (χ1v) is 11.6. The third kappa shape index (κ3) is 4.91. The lowest BCUT2D eigenvalue weighted by molar-refractivity contribution is -0.114. The summed E-state index contributed by atoms with van der Waals surface area (Å²) in [6.07, 6.45) is 1.44. The van der Waals surface area contributed by atoms with E-state index in [0.717, 1.165) is 5.56 Å². The minimum absolute atomic E-state index is 0.0754. The molecule has 0 heterocycles. The number of hydrogen-bond donors (Lipinski definition) is 2. The number of nitrogens with zero attached hydrogens (tertiary/aromatic N) is 1. The van der Waals surface area contributed by atoms with E-state index in [0.29, 0.717) is 22.5 Å². The molecule has 4 rings (SSSR count). The van der Waals surface area contributed by atoms with Crippen LogP contribution < -0.4 is 10.6 Å². The van der Waals surface area contributed by atoms with Crippen molar-refractivity contribution in [2.75, 3.05) is 10.6 Å². The van der Waals surface area contributed by atoms with Crippen LogP contribution in [0.2, 0.25) is 0 Å². The van der Waals surface area contributed by atoms with Gasteiger partial charge in [0, 0.05) is 29.4 Å². The Labute approximate surface area is 191 Å². The van der Waals surface area contributed by atoms with E-state index in [1.54, 1.807) is 60.7 Å². The minimum atomic E-state index is -3.99. The van der Waals surface area contributed by atoms with E-state index in [9.17, 15) is 18.0 Å². The molecule has 0 atom stereocenters. The molecule has 166 valence electrons. The maximum absolute atomic E-state index is 13.1. The fourth-order valence-electron chi connectivity index (χ4n) is 3.39. The van der Waals surface area contributed by atoms with Crippen molar-refractivity contribution in [3.8, 4) is 0 Å². The molecule has 3 aromatic rings. The van der Waals surface area contributed by atoms with Gasteiger partial charge in [-0.25, -0.2) is 0 Å². The number of aryl methyl sites for hydroxylation is 1. The number of ketones is 1. The van der Waals surface area contributed by atoms with Gasteiger partial charge in [0.1, 0.15) is 0 Å². The Bertz CT molecular complexity index is 1400. The quantitative estimate of drug-likeness (QED) is 0.591. The Kier molecular flexibility index (Phi) is 5.93. The Balaban J connectivity index is 1.72. The molecule has 7 nitrogen and oxygen atoms in total. The van der Waals surface area contributed by atoms with Crippen molar-refractivity contribution >= 4 is 38.8 Å². The first kappa shape index (κ1) is 22.2. The number of sulfonamides is 1. The van der Waals surface area contributed by atoms with E-state index in [4.69, 9.17) is 0 Å². The lowest BCUT2D eigenvalue weighted by Crippen LogP contribution is -2.22. The maximum Gasteiger partial charge on any atom is 0.282 e. The summed E-state index contributed by atoms with van der Waals surface area (Å²) in [7, 11) is -3.99. The van der Waals surface area contributed by atoms with Crippen LogP contribution in [0.1, 0.15) is 28.4 Å². The molecule has 3 aromatic carbocycles. The summed E-state index contributed by atoms with van der Waals surface area (Å²) >= 11 is 0. The standard InChI is InChI=1S/C25H21N3O4S/c1-16-7-13-20(14-8-16)33(31,32)28-23-15-24(25(30)22-6-4-3-5-21(22)23)27-19-11-9-18(10-12-19)26-17(2)29/h3-15,27H,1-2H3,(H,26,29). The topological polar surface area (TPSA) is 105 Å². The van der Waals surface area contributed by atoms with Gasteiger partial charge in [-0.15, -0.1) is 0 Å². The van der Waals surface area contributed by atoms with Gasteiger partial charge in [-0.3, -0.25) is 9.59 Å². The van der Waals surface area contributed by atoms with Crippen LogP contribution in [-0.2, 0) is 14.8 Å². The molecule has 0 spiro atoms. The zero-order valence-electron chi connectivity index (χ0n) is 18.0. The Morgan fingerprint density at radius 3 is 2.09 bits per heavy atom. The molecule has 1 amide bonds. The van der Waals surface area contributed by atoms with Gasteiger partial charge < -0.3 is 10.6 Å². The number of nitrogens with one attached hydrogen (secondary N) is 2. The Hall–Kier alpha value is -4.04. The summed E-state index contributed by atoms with van der Waals surface area (Å²) in [5.41, 5.74) is 3.32. The highest BCUT2D eigenvalue weighted by Gasteiger charge is 2.26. The largest absolute Gasteiger partial charge is 0.352 e. The second kappa shape index (κ2) is 8.84. The molecule has 0 unspecified atom stereocenters. The predicted molar refractivity (Wildman–Crippen MR) is 128 cm³/mol. The van der Waals surface area contributed by atoms with Crippen molar-refractivity contribution in [3.05, 3.63) is 101 Å². The van der Waals surface area contributed by atoms with Crippen LogP contribution in [0.3, 0.4) is 0 Å². The average molecular weight is 460 g/mol. The number of anilines is 2. The van der Waals surface area contributed by atoms with Crippen molar-refractivity contribution in [1.82, 2.24) is 0 Å². The monoisotopic (exact) mass is 459 g/mol. The molecule has 0 saturated heterocycles. The fourth-order valence-corrected chi connectivity index (χ4v) is 4.38. The lowest BCUT2D eigenvalue weighted by Gasteiger charge is -2.19. The molecular formula is C25H21N3O4S. The SMILES string of the molecule is CC(=O)Nc1ccc(NC2=CC(=NS(=O)(=O)c3ccc(C)cc3)c3ccccc3C2=O)cc1. The first-order valence-electron chi connectivity index (χ1n) is 10.1. The van der Waals surface area contributed by atoms with E-state index in [2.05, 4.69) is 15.0 Å². The number of Topliss-reactive ketones (excluding diaryl/α,β-unsaturated/α-hetero) is 1. The molecule has 0 aromatic heterocycles. The highest BCUT2D eigenvalue weighted by atomic mass is 32.2. The van der Waals surface area contributed by atoms with E-state index in [-0.39, 0.29) is 28.0 Å². The molecule has 0 fully saturated rings. The summed E-state index contributed by atoms with van der Waals surface area (Å²) in [6.45, 7) is 3.29. The molecule has 1 aliphatic rings. The van der Waals surface area contributed by atoms with Crippen molar-refractivity contribution < 1.29 is 18.0 Å². The molecular weight excluding hydrogens is 438 g/mol. The smallest absolute Gasteiger partial charge is 0.282 e. The zero-order chi connectivity index (χ0) is 23.6. The van der Waals surface area contributed by atoms with Crippen LogP contribution >= 0.6 is 0 Å². The van der Waals surface area contributed by atoms with E-state index in [1.807, 2.05) is 6.92 Å². The number of carbonyl (C=O) groups is 2. The third-order valence-electron chi connectivity index (χ3n) is 4.99. The van der Waals surface area contributed by atoms with Crippen LogP contribution in [0.5, 0.6) is 0 Å². The number of benzene rings is 3. The second-order valence-electron chi connectivity index (χ2n) is 7.58. The molecule has 0 bridgehead atoms. The summed E-state index contributed by atoms with van der Waals surface area (Å²) in [4.78, 5) is 24.3. The van der Waals surface area contributed by atoms with Crippen LogP contribution in [-0.4, -0.2) is 25.8 Å². The molecule has 0 aliphatic heterocycles. The van der Waals surface area contributed by atoms with Gasteiger partial charge in [0.2, 0.25) is 11.7 Å². The molecule has 1 aliphatic carbocycles. The van der Waals surface area contributed by atoms with Crippen molar-refractivity contribution in [2.45, 2.75) is 18.7 Å². The molecule has 0 saturated carbocycles. The molecule has 2 N–H and O–H groups in total. The van der Waals surface area contributed by atoms with Crippen LogP contribution in [0.15, 0.2) is 93.9 Å². The summed E-state index contributed by atoms with van der Waals surface area (Å²) in [5, 5.41) is 5.71. The Morgan fingerprint density at radius 2 is 1.45 bits per heavy atom. The van der Waals surface area contributed by atoms with Crippen LogP contribution in [0.25, 0.3) is 0 Å². The highest BCUT2D eigenvalue weighted by Crippen LogP contribution is 2.25. The number of carbonyl (C=O) groups excluding carboxylic acids is 2. The number of fused-ring (bicyclic) bond motifs is 1. The minimum Gasteiger partial charge on any atom is -0.352 e. The van der Waals surface area contributed by atoms with Gasteiger partial charge in [0.05, 0.1) is 16.3 Å². The van der Waals surface area contributed by atoms with Crippen molar-refractivity contribution in [3.63, 3.8) is 0 Å². The highest BCUT2D eigenvalue weighted by molar-refractivity contribution is 7.90. The van der Waals surface area contributed by atoms with Crippen molar-refractivity contribution in [2.24, 2.45) is 4.40 Å². The van der Waals surface area contributed by atoms with Crippen LogP contribution in [0, 0.1) is 6.92 Å². The Morgan fingerprint density at radius 1 is 0.848 bits per heavy atom. The van der Waals surface area contributed by atoms with E-state index >= 15 is 0 Å². The molecule has 33 heavy (non-hydrogen) atoms. The number of hydrogen-bond acceptors (Lipinski definition) is 5. The number of amides is 1. The van der Waals surface area contributed by atoms with Gasteiger partial charge in [-0.05, 0) is 49.4 Å². The lowest BCUT2D eigenvalue weighted by atomic mass is 9.92. The van der Waals surface area contributed by atoms with Gasteiger partial charge >= 0.3 is 0 Å². The number of allylic oxidation sites excluding steroid dienone is 2. The van der Waals surface area contributed by atoms with Gasteiger partial charge in [0.15, 0.2) is 0 Å². The average Bonchev–Trinajstić information content (AvgIpc) is 2.78. The van der Waals surface area contributed by atoms with Gasteiger partial charge in [-0.2, -0.15) is 12.8 Å². The second-order valence-corrected chi connectivity index (χ2v) is 9.19. The van der Waals surface area contributed by atoms with Gasteiger partial charge in [-0.1, -0.05) is 42.0 Å². The predicted octanol–water partition coefficient (Wildman–Crippen LogP) is 4.32. The fraction of sp³-hybridized carbons (Fsp3) is 0.0800. The van der Waals surface area contributed by atoms with Crippen LogP contribution in [0.4, 0.5) is 11.4 Å². The zero-order valence-corrected chi connectivity index (χ0v) is 18.8. The van der Waals surface area contributed by atoms with E-state index in [1.165, 1.54) is 25.1 Å². The first-order chi connectivity index (χ1) is 15.7. The third-order valence-corrected chi connectivity index (χ3v) is 6.30. The summed E-state index contributed by atoms with van der Waals surface area (Å²) in [6, 6.07) is 20.0. The number of rotatable bonds is 5. The molecule has 0 radical (unpaired) electrons. The van der Waals surface area contributed by atoms with Gasteiger partial charge in [0.25, 0.3) is 10.0 Å². The van der Waals surface area contributed by atoms with E-state index < -0.39 is 10.0 Å².